The van der Waals surface area contributed by atoms with E-state index < -0.39 is 8.32 Å². The van der Waals surface area contributed by atoms with Crippen molar-refractivity contribution in [2.24, 2.45) is 11.1 Å². The van der Waals surface area contributed by atoms with Crippen LogP contribution in [-0.2, 0) is 15.6 Å². The zero-order valence-corrected chi connectivity index (χ0v) is 28.2. The lowest BCUT2D eigenvalue weighted by Crippen LogP contribution is -2.67. The predicted molar refractivity (Wildman–Crippen MR) is 187 cm³/mol. The Bertz CT molecular complexity index is 1580. The Balaban J connectivity index is 1.56. The molecule has 1 amide bonds. The van der Waals surface area contributed by atoms with E-state index in [1.807, 2.05) is 61.6 Å². The van der Waals surface area contributed by atoms with E-state index in [1.54, 1.807) is 0 Å². The average molecular weight is 620 g/mol. The summed E-state index contributed by atoms with van der Waals surface area (Å²) in [6.45, 7) is 11.3. The van der Waals surface area contributed by atoms with Gasteiger partial charge in [0.15, 0.2) is 0 Å². The van der Waals surface area contributed by atoms with Crippen molar-refractivity contribution in [3.8, 4) is 0 Å². The Morgan fingerprint density at radius 3 is 1.98 bits per heavy atom. The lowest BCUT2D eigenvalue weighted by molar-refractivity contribution is -0.124. The molecule has 45 heavy (non-hydrogen) atoms. The van der Waals surface area contributed by atoms with Gasteiger partial charge >= 0.3 is 0 Å². The number of benzene rings is 4. The van der Waals surface area contributed by atoms with Crippen molar-refractivity contribution in [3.05, 3.63) is 126 Å². The Hall–Kier alpha value is -4.20. The first kappa shape index (κ1) is 32.2. The minimum absolute atomic E-state index is 0.0151. The summed E-state index contributed by atoms with van der Waals surface area (Å²) in [5.74, 6) is 0.0432. The van der Waals surface area contributed by atoms with Crippen molar-refractivity contribution < 1.29 is 14.4 Å². The number of rotatable bonds is 8. The molecular formula is C38H45N3O3Si. The van der Waals surface area contributed by atoms with Gasteiger partial charge < -0.3 is 19.8 Å². The van der Waals surface area contributed by atoms with E-state index in [2.05, 4.69) is 105 Å². The van der Waals surface area contributed by atoms with E-state index in [0.29, 0.717) is 18.7 Å². The van der Waals surface area contributed by atoms with Gasteiger partial charge in [0.05, 0.1) is 12.6 Å². The number of carbonyl (C=O) groups is 1. The third kappa shape index (κ3) is 6.46. The van der Waals surface area contributed by atoms with Crippen molar-refractivity contribution in [1.29, 1.82) is 0 Å². The van der Waals surface area contributed by atoms with Gasteiger partial charge in [0, 0.05) is 23.9 Å². The molecule has 234 valence electrons. The van der Waals surface area contributed by atoms with Gasteiger partial charge in [-0.15, -0.1) is 0 Å². The van der Waals surface area contributed by atoms with Crippen LogP contribution in [0.2, 0.25) is 5.04 Å². The average Bonchev–Trinajstić information content (AvgIpc) is 3.02. The highest BCUT2D eigenvalue weighted by Crippen LogP contribution is 2.37. The molecule has 0 spiro atoms. The smallest absolute Gasteiger partial charge is 0.261 e. The SMILES string of the molecule is CC(C)[C@H]1C(=O)N[C@H](CO[Si](c2ccccc2)(c2ccccc2)C(C)(C)C)Cc2ccc(/C(=N/O)c3ccccc3)cc2N1C. The summed E-state index contributed by atoms with van der Waals surface area (Å²) in [6, 6.07) is 36.4. The van der Waals surface area contributed by atoms with Crippen LogP contribution in [0.25, 0.3) is 0 Å². The zero-order valence-electron chi connectivity index (χ0n) is 27.2. The number of anilines is 1. The fraction of sp³-hybridized carbons (Fsp3) is 0.316. The molecule has 0 saturated carbocycles. The maximum Gasteiger partial charge on any atom is 0.261 e. The van der Waals surface area contributed by atoms with Crippen molar-refractivity contribution >= 4 is 36.0 Å². The maximum atomic E-state index is 13.9. The van der Waals surface area contributed by atoms with Gasteiger partial charge in [0.1, 0.15) is 11.8 Å². The van der Waals surface area contributed by atoms with E-state index in [9.17, 15) is 10.0 Å². The number of nitrogens with one attached hydrogen (secondary N) is 1. The summed E-state index contributed by atoms with van der Waals surface area (Å²) in [4.78, 5) is 16.0. The molecule has 5 rings (SSSR count). The molecule has 1 aliphatic rings. The molecule has 0 fully saturated rings. The van der Waals surface area contributed by atoms with E-state index in [-0.39, 0.29) is 28.9 Å². The molecule has 0 saturated heterocycles. The molecule has 1 heterocycles. The Labute approximate surface area is 268 Å². The molecule has 4 aromatic rings. The topological polar surface area (TPSA) is 74.2 Å². The molecule has 1 aliphatic heterocycles. The fourth-order valence-electron chi connectivity index (χ4n) is 6.86. The molecule has 2 atom stereocenters. The summed E-state index contributed by atoms with van der Waals surface area (Å²) in [6.07, 6.45) is 0.603. The lowest BCUT2D eigenvalue weighted by atomic mass is 9.93. The highest BCUT2D eigenvalue weighted by molar-refractivity contribution is 6.99. The quantitative estimate of drug-likeness (QED) is 0.110. The third-order valence-electron chi connectivity index (χ3n) is 8.93. The van der Waals surface area contributed by atoms with Gasteiger partial charge in [0.2, 0.25) is 5.91 Å². The summed E-state index contributed by atoms with van der Waals surface area (Å²) in [5.41, 5.74) is 4.16. The van der Waals surface area contributed by atoms with E-state index in [4.69, 9.17) is 4.43 Å². The van der Waals surface area contributed by atoms with Gasteiger partial charge in [-0.05, 0) is 39.4 Å². The summed E-state index contributed by atoms with van der Waals surface area (Å²) in [7, 11) is -0.823. The van der Waals surface area contributed by atoms with Crippen LogP contribution >= 0.6 is 0 Å². The van der Waals surface area contributed by atoms with Gasteiger partial charge in [-0.1, -0.05) is 143 Å². The van der Waals surface area contributed by atoms with Crippen LogP contribution in [0.4, 0.5) is 5.69 Å². The van der Waals surface area contributed by atoms with Crippen LogP contribution in [-0.4, -0.2) is 50.9 Å². The van der Waals surface area contributed by atoms with E-state index in [0.717, 1.165) is 22.4 Å². The molecule has 0 bridgehead atoms. The second-order valence-electron chi connectivity index (χ2n) is 13.3. The predicted octanol–water partition coefficient (Wildman–Crippen LogP) is 5.99. The van der Waals surface area contributed by atoms with Crippen LogP contribution in [0, 0.1) is 5.92 Å². The summed E-state index contributed by atoms with van der Waals surface area (Å²) < 4.78 is 7.28. The van der Waals surface area contributed by atoms with Crippen LogP contribution in [0.3, 0.4) is 0 Å². The highest BCUT2D eigenvalue weighted by Gasteiger charge is 2.50. The molecular weight excluding hydrogens is 575 g/mol. The molecule has 0 aliphatic carbocycles. The molecule has 2 N–H and O–H groups in total. The van der Waals surface area contributed by atoms with Gasteiger partial charge in [0.25, 0.3) is 8.32 Å². The highest BCUT2D eigenvalue weighted by atomic mass is 28.4. The third-order valence-corrected chi connectivity index (χ3v) is 13.9. The Morgan fingerprint density at radius 1 is 0.911 bits per heavy atom. The zero-order chi connectivity index (χ0) is 32.2. The van der Waals surface area contributed by atoms with Crippen molar-refractivity contribution in [1.82, 2.24) is 5.32 Å². The summed E-state index contributed by atoms with van der Waals surface area (Å²) >= 11 is 0. The number of hydrogen-bond acceptors (Lipinski definition) is 5. The second-order valence-corrected chi connectivity index (χ2v) is 17.6. The molecule has 6 nitrogen and oxygen atoms in total. The van der Waals surface area contributed by atoms with E-state index in [1.165, 1.54) is 10.4 Å². The van der Waals surface area contributed by atoms with Gasteiger partial charge in [-0.3, -0.25) is 4.79 Å². The molecule has 7 heteroatoms. The first-order valence-electron chi connectivity index (χ1n) is 15.8. The van der Waals surface area contributed by atoms with Crippen molar-refractivity contribution in [2.75, 3.05) is 18.6 Å². The summed E-state index contributed by atoms with van der Waals surface area (Å²) in [5, 5.41) is 19.3. The van der Waals surface area contributed by atoms with Gasteiger partial charge in [-0.2, -0.15) is 0 Å². The van der Waals surface area contributed by atoms with Crippen LogP contribution in [0.5, 0.6) is 0 Å². The second kappa shape index (κ2) is 13.4. The number of nitrogens with zero attached hydrogens (tertiary/aromatic N) is 2. The number of hydrogen-bond donors (Lipinski definition) is 2. The number of oxime groups is 1. The first-order chi connectivity index (χ1) is 21.6. The van der Waals surface area contributed by atoms with Crippen LogP contribution in [0.15, 0.2) is 114 Å². The number of fused-ring (bicyclic) bond motifs is 1. The monoisotopic (exact) mass is 619 g/mol. The molecule has 0 unspecified atom stereocenters. The fourth-order valence-corrected chi connectivity index (χ4v) is 11.5. The standard InChI is InChI=1S/C38H45N3O3Si/c1-27(2)36-37(42)39-31(24-29-22-23-30(25-34(29)41(36)6)35(40-43)28-16-10-7-11-17-28)26-44-45(38(3,4)5,32-18-12-8-13-19-32)33-20-14-9-15-21-33/h7-23,25,27,31,36,43H,24,26H2,1-6H3,(H,39,42)/b40-35+/t31-,36-/m0/s1. The van der Waals surface area contributed by atoms with Crippen LogP contribution in [0.1, 0.15) is 51.3 Å². The number of carbonyl (C=O) groups excluding carboxylic acids is 1. The molecule has 0 radical (unpaired) electrons. The number of amides is 1. The number of likely N-dealkylation sites (N-methyl/N-ethyl adjacent to an activating group) is 1. The minimum atomic E-state index is -2.80. The normalized spacial score (nSPS) is 17.8. The lowest BCUT2D eigenvalue weighted by Gasteiger charge is -2.44. The maximum absolute atomic E-state index is 13.9. The van der Waals surface area contributed by atoms with Crippen molar-refractivity contribution in [2.45, 2.75) is 58.2 Å². The molecule has 4 aromatic carbocycles. The molecule has 0 aromatic heterocycles. The first-order valence-corrected chi connectivity index (χ1v) is 17.7. The van der Waals surface area contributed by atoms with Crippen LogP contribution < -0.4 is 20.6 Å². The largest absolute Gasteiger partial charge is 0.410 e. The van der Waals surface area contributed by atoms with Crippen molar-refractivity contribution in [3.63, 3.8) is 0 Å². The Morgan fingerprint density at radius 2 is 1.47 bits per heavy atom. The Kier molecular flexibility index (Phi) is 9.61. The van der Waals surface area contributed by atoms with Gasteiger partial charge in [-0.25, -0.2) is 0 Å². The van der Waals surface area contributed by atoms with E-state index >= 15 is 0 Å². The minimum Gasteiger partial charge on any atom is -0.410 e.